The predicted molar refractivity (Wildman–Crippen MR) is 111 cm³/mol. The number of hydrogen-bond donors (Lipinski definition) is 1. The third kappa shape index (κ3) is 5.21. The van der Waals surface area contributed by atoms with Crippen molar-refractivity contribution < 1.29 is 9.53 Å². The van der Waals surface area contributed by atoms with Crippen molar-refractivity contribution in [1.82, 2.24) is 14.9 Å². The standard InChI is InChI=1S/C22H30N4O2/c1-15-13-16(2)24-20(23-15)28-19-7-6-12-26(14-19)21(27)25-18-10-8-17(9-11-18)22(3,4)5/h8-11,13,19H,6-7,12,14H2,1-5H3,(H,25,27). The number of carbonyl (C=O) groups is 1. The molecule has 2 aromatic rings. The fourth-order valence-electron chi connectivity index (χ4n) is 3.37. The van der Waals surface area contributed by atoms with Crippen LogP contribution in [-0.2, 0) is 5.41 Å². The summed E-state index contributed by atoms with van der Waals surface area (Å²) in [6, 6.07) is 10.3. The van der Waals surface area contributed by atoms with Crippen LogP contribution in [0.1, 0.15) is 50.6 Å². The number of anilines is 1. The van der Waals surface area contributed by atoms with Crippen molar-refractivity contribution in [3.63, 3.8) is 0 Å². The molecule has 0 bridgehead atoms. The molecule has 0 radical (unpaired) electrons. The van der Waals surface area contributed by atoms with Crippen LogP contribution in [0.25, 0.3) is 0 Å². The largest absolute Gasteiger partial charge is 0.458 e. The van der Waals surface area contributed by atoms with Gasteiger partial charge in [0, 0.05) is 23.6 Å². The summed E-state index contributed by atoms with van der Waals surface area (Å²) in [5.41, 5.74) is 3.90. The van der Waals surface area contributed by atoms with Crippen molar-refractivity contribution in [2.45, 2.75) is 59.0 Å². The molecule has 3 rings (SSSR count). The summed E-state index contributed by atoms with van der Waals surface area (Å²) in [6.07, 6.45) is 1.69. The van der Waals surface area contributed by atoms with Crippen molar-refractivity contribution in [3.8, 4) is 6.01 Å². The maximum absolute atomic E-state index is 12.7. The highest BCUT2D eigenvalue weighted by Crippen LogP contribution is 2.24. The van der Waals surface area contributed by atoms with E-state index in [2.05, 4.69) is 48.2 Å². The van der Waals surface area contributed by atoms with E-state index >= 15 is 0 Å². The van der Waals surface area contributed by atoms with Crippen LogP contribution in [-0.4, -0.2) is 40.1 Å². The number of aryl methyl sites for hydroxylation is 2. The molecule has 1 aliphatic heterocycles. The molecule has 150 valence electrons. The van der Waals surface area contributed by atoms with Crippen LogP contribution < -0.4 is 10.1 Å². The number of ether oxygens (including phenoxy) is 1. The zero-order valence-electron chi connectivity index (χ0n) is 17.5. The SMILES string of the molecule is Cc1cc(C)nc(OC2CCCN(C(=O)Nc3ccc(C(C)(C)C)cc3)C2)n1. The number of nitrogens with zero attached hydrogens (tertiary/aromatic N) is 3. The topological polar surface area (TPSA) is 67.3 Å². The van der Waals surface area contributed by atoms with Gasteiger partial charge in [-0.1, -0.05) is 32.9 Å². The van der Waals surface area contributed by atoms with E-state index in [0.717, 1.165) is 36.5 Å². The highest BCUT2D eigenvalue weighted by Gasteiger charge is 2.26. The van der Waals surface area contributed by atoms with E-state index in [1.54, 1.807) is 4.90 Å². The maximum atomic E-state index is 12.7. The van der Waals surface area contributed by atoms with Gasteiger partial charge in [0.15, 0.2) is 0 Å². The summed E-state index contributed by atoms with van der Waals surface area (Å²) in [5, 5.41) is 2.99. The number of urea groups is 1. The Labute approximate surface area is 167 Å². The number of aromatic nitrogens is 2. The van der Waals surface area contributed by atoms with Gasteiger partial charge in [0.05, 0.1) is 6.54 Å². The van der Waals surface area contributed by atoms with Crippen LogP contribution in [0.15, 0.2) is 30.3 Å². The maximum Gasteiger partial charge on any atom is 0.321 e. The molecule has 6 heteroatoms. The Bertz CT molecular complexity index is 807. The lowest BCUT2D eigenvalue weighted by Gasteiger charge is -2.32. The zero-order chi connectivity index (χ0) is 20.3. The summed E-state index contributed by atoms with van der Waals surface area (Å²) in [4.78, 5) is 23.2. The molecule has 1 aliphatic rings. The van der Waals surface area contributed by atoms with E-state index in [1.807, 2.05) is 32.0 Å². The number of carbonyl (C=O) groups excluding carboxylic acids is 1. The van der Waals surface area contributed by atoms with Crippen LogP contribution in [0.4, 0.5) is 10.5 Å². The molecule has 0 saturated carbocycles. The van der Waals surface area contributed by atoms with Crippen LogP contribution in [0.5, 0.6) is 6.01 Å². The first-order chi connectivity index (χ1) is 13.2. The normalized spacial score (nSPS) is 17.3. The smallest absolute Gasteiger partial charge is 0.321 e. The van der Waals surface area contributed by atoms with Crippen molar-refractivity contribution >= 4 is 11.7 Å². The minimum absolute atomic E-state index is 0.0934. The van der Waals surface area contributed by atoms with Gasteiger partial charge in [0.1, 0.15) is 6.10 Å². The first-order valence-electron chi connectivity index (χ1n) is 9.86. The monoisotopic (exact) mass is 382 g/mol. The van der Waals surface area contributed by atoms with Gasteiger partial charge in [-0.05, 0) is 55.9 Å². The van der Waals surface area contributed by atoms with Crippen molar-refractivity contribution in [1.29, 1.82) is 0 Å². The van der Waals surface area contributed by atoms with Gasteiger partial charge in [-0.2, -0.15) is 0 Å². The second-order valence-corrected chi connectivity index (χ2v) is 8.52. The van der Waals surface area contributed by atoms with Crippen LogP contribution in [0.3, 0.4) is 0 Å². The molecular weight excluding hydrogens is 352 g/mol. The lowest BCUT2D eigenvalue weighted by Crippen LogP contribution is -2.46. The van der Waals surface area contributed by atoms with Crippen LogP contribution in [0.2, 0.25) is 0 Å². The quantitative estimate of drug-likeness (QED) is 0.851. The minimum atomic E-state index is -0.0989. The molecule has 1 N–H and O–H groups in total. The molecule has 1 atom stereocenters. The van der Waals surface area contributed by atoms with Crippen molar-refractivity contribution in [2.24, 2.45) is 0 Å². The summed E-state index contributed by atoms with van der Waals surface area (Å²) >= 11 is 0. The lowest BCUT2D eigenvalue weighted by atomic mass is 9.87. The Balaban J connectivity index is 1.59. The molecule has 1 saturated heterocycles. The Kier molecular flexibility index (Phi) is 5.87. The Morgan fingerprint density at radius 2 is 1.79 bits per heavy atom. The zero-order valence-corrected chi connectivity index (χ0v) is 17.5. The Morgan fingerprint density at radius 3 is 2.39 bits per heavy atom. The van der Waals surface area contributed by atoms with E-state index in [0.29, 0.717) is 12.6 Å². The second-order valence-electron chi connectivity index (χ2n) is 8.52. The molecule has 1 unspecified atom stereocenters. The third-order valence-electron chi connectivity index (χ3n) is 4.90. The number of likely N-dealkylation sites (tertiary alicyclic amines) is 1. The highest BCUT2D eigenvalue weighted by atomic mass is 16.5. The van der Waals surface area contributed by atoms with Gasteiger partial charge in [-0.25, -0.2) is 14.8 Å². The van der Waals surface area contributed by atoms with Gasteiger partial charge in [0.2, 0.25) is 0 Å². The highest BCUT2D eigenvalue weighted by molar-refractivity contribution is 5.89. The number of rotatable bonds is 3. The Hall–Kier alpha value is -2.63. The van der Waals surface area contributed by atoms with Gasteiger partial charge in [-0.3, -0.25) is 0 Å². The second kappa shape index (κ2) is 8.17. The van der Waals surface area contributed by atoms with E-state index < -0.39 is 0 Å². The molecule has 0 spiro atoms. The molecule has 1 aromatic heterocycles. The van der Waals surface area contributed by atoms with Gasteiger partial charge >= 0.3 is 12.0 Å². The van der Waals surface area contributed by atoms with Crippen molar-refractivity contribution in [2.75, 3.05) is 18.4 Å². The first kappa shape index (κ1) is 20.1. The fourth-order valence-corrected chi connectivity index (χ4v) is 3.37. The van der Waals surface area contributed by atoms with E-state index in [4.69, 9.17) is 4.74 Å². The number of piperidine rings is 1. The van der Waals surface area contributed by atoms with Gasteiger partial charge in [-0.15, -0.1) is 0 Å². The fraction of sp³-hybridized carbons (Fsp3) is 0.500. The molecule has 2 amide bonds. The summed E-state index contributed by atoms with van der Waals surface area (Å²) in [6.45, 7) is 11.6. The average Bonchev–Trinajstić information content (AvgIpc) is 2.61. The molecule has 1 fully saturated rings. The number of amides is 2. The van der Waals surface area contributed by atoms with E-state index in [9.17, 15) is 4.79 Å². The summed E-state index contributed by atoms with van der Waals surface area (Å²) in [5.74, 6) is 0. The van der Waals surface area contributed by atoms with Gasteiger partial charge in [0.25, 0.3) is 0 Å². The van der Waals surface area contributed by atoms with Crippen LogP contribution in [0, 0.1) is 13.8 Å². The lowest BCUT2D eigenvalue weighted by molar-refractivity contribution is 0.0980. The summed E-state index contributed by atoms with van der Waals surface area (Å²) < 4.78 is 5.96. The van der Waals surface area contributed by atoms with Crippen molar-refractivity contribution in [3.05, 3.63) is 47.3 Å². The molecule has 0 aliphatic carbocycles. The summed E-state index contributed by atoms with van der Waals surface area (Å²) in [7, 11) is 0. The van der Waals surface area contributed by atoms with E-state index in [-0.39, 0.29) is 17.6 Å². The first-order valence-corrected chi connectivity index (χ1v) is 9.86. The molecule has 6 nitrogen and oxygen atoms in total. The van der Waals surface area contributed by atoms with Crippen LogP contribution >= 0.6 is 0 Å². The van der Waals surface area contributed by atoms with E-state index in [1.165, 1.54) is 5.56 Å². The molecular formula is C22H30N4O2. The Morgan fingerprint density at radius 1 is 1.14 bits per heavy atom. The number of hydrogen-bond acceptors (Lipinski definition) is 4. The molecule has 1 aromatic carbocycles. The number of nitrogens with one attached hydrogen (secondary N) is 1. The van der Waals surface area contributed by atoms with Gasteiger partial charge < -0.3 is 15.0 Å². The minimum Gasteiger partial charge on any atom is -0.458 e. The predicted octanol–water partition coefficient (Wildman–Crippen LogP) is 4.47. The molecule has 2 heterocycles. The third-order valence-corrected chi connectivity index (χ3v) is 4.90. The number of benzene rings is 1. The molecule has 28 heavy (non-hydrogen) atoms. The average molecular weight is 383 g/mol.